The van der Waals surface area contributed by atoms with Gasteiger partial charge >= 0.3 is 17.9 Å². The average molecular weight is 958 g/mol. The summed E-state index contributed by atoms with van der Waals surface area (Å²) in [4.78, 5) is 38.1. The van der Waals surface area contributed by atoms with Crippen LogP contribution >= 0.6 is 0 Å². The van der Waals surface area contributed by atoms with E-state index in [1.807, 2.05) is 0 Å². The van der Waals surface area contributed by atoms with E-state index in [2.05, 4.69) is 45.1 Å². The molecule has 0 aliphatic carbocycles. The molecule has 6 heteroatoms. The quantitative estimate of drug-likeness (QED) is 0.0262. The molecule has 0 fully saturated rings. The van der Waals surface area contributed by atoms with Gasteiger partial charge in [-0.25, -0.2) is 0 Å². The van der Waals surface area contributed by atoms with Crippen molar-refractivity contribution < 1.29 is 28.6 Å². The van der Waals surface area contributed by atoms with Crippen molar-refractivity contribution in [2.75, 3.05) is 13.2 Å². The van der Waals surface area contributed by atoms with Crippen molar-refractivity contribution >= 4 is 17.9 Å². The molecule has 0 amide bonds. The van der Waals surface area contributed by atoms with Gasteiger partial charge in [-0.15, -0.1) is 0 Å². The van der Waals surface area contributed by atoms with E-state index < -0.39 is 6.10 Å². The maximum atomic E-state index is 12.8. The number of hydrogen-bond acceptors (Lipinski definition) is 6. The summed E-state index contributed by atoms with van der Waals surface area (Å²) < 4.78 is 16.9. The largest absolute Gasteiger partial charge is 0.462 e. The number of hydrogen-bond donors (Lipinski definition) is 0. The summed E-state index contributed by atoms with van der Waals surface area (Å²) in [5.74, 6) is -0.858. The van der Waals surface area contributed by atoms with Crippen LogP contribution in [-0.4, -0.2) is 37.2 Å². The van der Waals surface area contributed by atoms with Crippen molar-refractivity contribution in [2.24, 2.45) is 0 Å². The number of carbonyl (C=O) groups excluding carboxylic acids is 3. The third kappa shape index (κ3) is 54.8. The van der Waals surface area contributed by atoms with E-state index in [4.69, 9.17) is 14.2 Å². The number of allylic oxidation sites excluding steroid dienone is 4. The first-order chi connectivity index (χ1) is 33.5. The standard InChI is InChI=1S/C62H116O6/c1-4-7-10-13-16-19-21-23-25-27-29-30-31-32-33-35-36-38-40-43-46-49-52-55-61(64)67-58-59(57-66-60(63)54-51-48-45-42-18-15-12-9-6-3)68-62(65)56-53-50-47-44-41-39-37-34-28-26-24-22-20-17-14-11-8-5-2/h20,22,26,28,59H,4-19,21,23-25,27,29-58H2,1-3H3/b22-20-,28-26-. The molecule has 0 aromatic heterocycles. The van der Waals surface area contributed by atoms with Gasteiger partial charge in [0.15, 0.2) is 6.10 Å². The summed E-state index contributed by atoms with van der Waals surface area (Å²) in [5, 5.41) is 0. The van der Waals surface area contributed by atoms with Gasteiger partial charge in [-0.2, -0.15) is 0 Å². The Morgan fingerprint density at radius 2 is 0.529 bits per heavy atom. The predicted molar refractivity (Wildman–Crippen MR) is 293 cm³/mol. The highest BCUT2D eigenvalue weighted by molar-refractivity contribution is 5.71. The van der Waals surface area contributed by atoms with Gasteiger partial charge in [0.05, 0.1) is 0 Å². The zero-order chi connectivity index (χ0) is 49.3. The van der Waals surface area contributed by atoms with Crippen molar-refractivity contribution in [1.82, 2.24) is 0 Å². The van der Waals surface area contributed by atoms with Crippen molar-refractivity contribution in [2.45, 2.75) is 341 Å². The van der Waals surface area contributed by atoms with Gasteiger partial charge in [0.1, 0.15) is 13.2 Å². The van der Waals surface area contributed by atoms with Gasteiger partial charge in [-0.05, 0) is 51.4 Å². The summed E-state index contributed by atoms with van der Waals surface area (Å²) in [7, 11) is 0. The highest BCUT2D eigenvalue weighted by Crippen LogP contribution is 2.17. The topological polar surface area (TPSA) is 78.9 Å². The van der Waals surface area contributed by atoms with Gasteiger partial charge in [0, 0.05) is 19.3 Å². The second-order valence-electron chi connectivity index (χ2n) is 20.6. The second kappa shape index (κ2) is 57.5. The highest BCUT2D eigenvalue weighted by Gasteiger charge is 2.19. The molecular formula is C62H116O6. The Hall–Kier alpha value is -2.11. The zero-order valence-electron chi connectivity index (χ0n) is 45.9. The van der Waals surface area contributed by atoms with Crippen molar-refractivity contribution in [3.63, 3.8) is 0 Å². The molecule has 0 rings (SSSR count). The molecular weight excluding hydrogens is 841 g/mol. The molecule has 0 bridgehead atoms. The number of rotatable bonds is 56. The van der Waals surface area contributed by atoms with Gasteiger partial charge in [0.2, 0.25) is 0 Å². The van der Waals surface area contributed by atoms with E-state index in [9.17, 15) is 14.4 Å². The minimum Gasteiger partial charge on any atom is -0.462 e. The first-order valence-electron chi connectivity index (χ1n) is 30.3. The zero-order valence-corrected chi connectivity index (χ0v) is 45.9. The van der Waals surface area contributed by atoms with Gasteiger partial charge < -0.3 is 14.2 Å². The lowest BCUT2D eigenvalue weighted by Gasteiger charge is -2.18. The van der Waals surface area contributed by atoms with Crippen LogP contribution < -0.4 is 0 Å². The Kier molecular flexibility index (Phi) is 55.7. The summed E-state index contributed by atoms with van der Waals surface area (Å²) >= 11 is 0. The number of unbranched alkanes of at least 4 members (excludes halogenated alkanes) is 41. The lowest BCUT2D eigenvalue weighted by molar-refractivity contribution is -0.167. The molecule has 0 saturated carbocycles. The van der Waals surface area contributed by atoms with E-state index in [-0.39, 0.29) is 31.1 Å². The monoisotopic (exact) mass is 957 g/mol. The molecule has 0 aromatic rings. The van der Waals surface area contributed by atoms with Crippen molar-refractivity contribution in [3.05, 3.63) is 24.3 Å². The SMILES string of the molecule is CCCCCC/C=C\C/C=C\CCCCCCCCCC(=O)OC(COC(=O)CCCCCCCCCCC)COC(=O)CCCCCCCCCCCCCCCCCCCCCCCCC. The fourth-order valence-corrected chi connectivity index (χ4v) is 9.12. The molecule has 1 unspecified atom stereocenters. The second-order valence-corrected chi connectivity index (χ2v) is 20.6. The molecule has 68 heavy (non-hydrogen) atoms. The molecule has 6 nitrogen and oxygen atoms in total. The van der Waals surface area contributed by atoms with Crippen LogP contribution in [0.5, 0.6) is 0 Å². The molecule has 0 saturated heterocycles. The first-order valence-corrected chi connectivity index (χ1v) is 30.3. The van der Waals surface area contributed by atoms with Gasteiger partial charge in [0.25, 0.3) is 0 Å². The maximum Gasteiger partial charge on any atom is 0.306 e. The Labute approximate surface area is 423 Å². The van der Waals surface area contributed by atoms with E-state index in [1.165, 1.54) is 225 Å². The van der Waals surface area contributed by atoms with Crippen LogP contribution in [0.3, 0.4) is 0 Å². The lowest BCUT2D eigenvalue weighted by Crippen LogP contribution is -2.30. The first kappa shape index (κ1) is 65.9. The maximum absolute atomic E-state index is 12.8. The van der Waals surface area contributed by atoms with Crippen LogP contribution in [0.2, 0.25) is 0 Å². The normalized spacial score (nSPS) is 12.1. The van der Waals surface area contributed by atoms with Gasteiger partial charge in [-0.3, -0.25) is 14.4 Å². The van der Waals surface area contributed by atoms with Crippen molar-refractivity contribution in [1.29, 1.82) is 0 Å². The predicted octanol–water partition coefficient (Wildman–Crippen LogP) is 20.3. The van der Waals surface area contributed by atoms with E-state index in [1.54, 1.807) is 0 Å². The molecule has 1 atom stereocenters. The number of carbonyl (C=O) groups is 3. The summed E-state index contributed by atoms with van der Waals surface area (Å²) in [6, 6.07) is 0. The van der Waals surface area contributed by atoms with E-state index in [0.717, 1.165) is 70.6 Å². The Morgan fingerprint density at radius 3 is 0.824 bits per heavy atom. The van der Waals surface area contributed by atoms with Crippen LogP contribution in [0.15, 0.2) is 24.3 Å². The summed E-state index contributed by atoms with van der Waals surface area (Å²) in [6.07, 6.45) is 67.6. The van der Waals surface area contributed by atoms with Crippen molar-refractivity contribution in [3.8, 4) is 0 Å². The van der Waals surface area contributed by atoms with Crippen LogP contribution in [-0.2, 0) is 28.6 Å². The fourth-order valence-electron chi connectivity index (χ4n) is 9.12. The highest BCUT2D eigenvalue weighted by atomic mass is 16.6. The smallest absolute Gasteiger partial charge is 0.306 e. The number of esters is 3. The molecule has 400 valence electrons. The molecule has 0 aliphatic rings. The molecule has 0 aliphatic heterocycles. The molecule has 0 aromatic carbocycles. The van der Waals surface area contributed by atoms with Crippen LogP contribution in [0, 0.1) is 0 Å². The van der Waals surface area contributed by atoms with Gasteiger partial charge in [-0.1, -0.05) is 289 Å². The third-order valence-corrected chi connectivity index (χ3v) is 13.7. The molecule has 0 spiro atoms. The molecule has 0 radical (unpaired) electrons. The summed E-state index contributed by atoms with van der Waals surface area (Å²) in [5.41, 5.74) is 0. The molecule has 0 N–H and O–H groups in total. The Morgan fingerprint density at radius 1 is 0.294 bits per heavy atom. The minimum atomic E-state index is -0.770. The van der Waals surface area contributed by atoms with Crippen LogP contribution in [0.25, 0.3) is 0 Å². The van der Waals surface area contributed by atoms with E-state index >= 15 is 0 Å². The van der Waals surface area contributed by atoms with Crippen LogP contribution in [0.1, 0.15) is 335 Å². The Balaban J connectivity index is 4.18. The third-order valence-electron chi connectivity index (χ3n) is 13.7. The summed E-state index contributed by atoms with van der Waals surface area (Å²) in [6.45, 7) is 6.65. The average Bonchev–Trinajstić information content (AvgIpc) is 3.34. The Bertz CT molecular complexity index is 1100. The lowest BCUT2D eigenvalue weighted by atomic mass is 10.0. The van der Waals surface area contributed by atoms with Crippen LogP contribution in [0.4, 0.5) is 0 Å². The fraction of sp³-hybridized carbons (Fsp3) is 0.887. The van der Waals surface area contributed by atoms with E-state index in [0.29, 0.717) is 19.3 Å². The number of ether oxygens (including phenoxy) is 3. The molecule has 0 heterocycles. The minimum absolute atomic E-state index is 0.0692.